The van der Waals surface area contributed by atoms with E-state index in [1.165, 1.54) is 11.3 Å². The predicted octanol–water partition coefficient (Wildman–Crippen LogP) is 4.85. The van der Waals surface area contributed by atoms with E-state index < -0.39 is 16.7 Å². The summed E-state index contributed by atoms with van der Waals surface area (Å²) in [7, 11) is 0. The van der Waals surface area contributed by atoms with Crippen molar-refractivity contribution in [3.63, 3.8) is 0 Å². The number of benzene rings is 1. The standard InChI is InChI=1S/C13H7ClF3NOS2/c14-11-7-3-1-2-4-8(7)21-9(11)5-18-10(13(15,16)17)6-20-12(18)19/h1-4,6H,5H2. The number of halogens is 4. The Hall–Kier alpha value is -1.31. The lowest BCUT2D eigenvalue weighted by Gasteiger charge is -2.09. The van der Waals surface area contributed by atoms with E-state index >= 15 is 0 Å². The highest BCUT2D eigenvalue weighted by molar-refractivity contribution is 7.19. The van der Waals surface area contributed by atoms with Crippen molar-refractivity contribution in [2.24, 2.45) is 0 Å². The average Bonchev–Trinajstić information content (AvgIpc) is 2.93. The predicted molar refractivity (Wildman–Crippen MR) is 79.5 cm³/mol. The summed E-state index contributed by atoms with van der Waals surface area (Å²) in [6.07, 6.45) is -4.55. The van der Waals surface area contributed by atoms with Crippen LogP contribution in [0.4, 0.5) is 13.2 Å². The number of alkyl halides is 3. The van der Waals surface area contributed by atoms with Crippen LogP contribution in [0.25, 0.3) is 10.1 Å². The smallest absolute Gasteiger partial charge is 0.289 e. The summed E-state index contributed by atoms with van der Waals surface area (Å²) in [6, 6.07) is 7.29. The Morgan fingerprint density at radius 1 is 1.24 bits per heavy atom. The Balaban J connectivity index is 2.09. The van der Waals surface area contributed by atoms with Gasteiger partial charge in [-0.15, -0.1) is 11.3 Å². The van der Waals surface area contributed by atoms with E-state index in [1.54, 1.807) is 6.07 Å². The Labute approximate surface area is 130 Å². The summed E-state index contributed by atoms with van der Waals surface area (Å²) in [5.74, 6) is 0. The maximum Gasteiger partial charge on any atom is 0.432 e. The van der Waals surface area contributed by atoms with Crippen molar-refractivity contribution in [1.29, 1.82) is 0 Å². The van der Waals surface area contributed by atoms with E-state index in [2.05, 4.69) is 0 Å². The molecular formula is C13H7ClF3NOS2. The molecular weight excluding hydrogens is 343 g/mol. The number of rotatable bonds is 2. The second-order valence-corrected chi connectivity index (χ2v) is 6.64. The second-order valence-electron chi connectivity index (χ2n) is 4.31. The Bertz CT molecular complexity index is 862. The van der Waals surface area contributed by atoms with Gasteiger partial charge in [0.05, 0.1) is 11.6 Å². The van der Waals surface area contributed by atoms with Gasteiger partial charge in [-0.1, -0.05) is 41.1 Å². The van der Waals surface area contributed by atoms with E-state index in [0.29, 0.717) is 21.2 Å². The minimum atomic E-state index is -4.55. The van der Waals surface area contributed by atoms with E-state index in [9.17, 15) is 18.0 Å². The lowest BCUT2D eigenvalue weighted by molar-refractivity contribution is -0.143. The summed E-state index contributed by atoms with van der Waals surface area (Å²) < 4.78 is 40.3. The van der Waals surface area contributed by atoms with E-state index in [1.807, 2.05) is 18.2 Å². The Morgan fingerprint density at radius 2 is 1.95 bits per heavy atom. The summed E-state index contributed by atoms with van der Waals surface area (Å²) in [5.41, 5.74) is -0.939. The number of aromatic nitrogens is 1. The normalized spacial score (nSPS) is 12.2. The van der Waals surface area contributed by atoms with Crippen molar-refractivity contribution >= 4 is 44.4 Å². The molecule has 0 saturated carbocycles. The number of thiophene rings is 1. The highest BCUT2D eigenvalue weighted by Crippen LogP contribution is 2.37. The molecule has 0 saturated heterocycles. The van der Waals surface area contributed by atoms with Crippen LogP contribution in [0.15, 0.2) is 34.4 Å². The molecule has 21 heavy (non-hydrogen) atoms. The molecule has 0 aliphatic heterocycles. The maximum absolute atomic E-state index is 12.9. The highest BCUT2D eigenvalue weighted by atomic mass is 35.5. The summed E-state index contributed by atoms with van der Waals surface area (Å²) in [5, 5.41) is 2.03. The van der Waals surface area contributed by atoms with Crippen molar-refractivity contribution < 1.29 is 13.2 Å². The quantitative estimate of drug-likeness (QED) is 0.648. The van der Waals surface area contributed by atoms with Crippen molar-refractivity contribution in [2.75, 3.05) is 0 Å². The fourth-order valence-corrected chi connectivity index (χ4v) is 4.26. The number of thiazole rings is 1. The number of nitrogens with zero attached hydrogens (tertiary/aromatic N) is 1. The largest absolute Gasteiger partial charge is 0.432 e. The minimum absolute atomic E-state index is 0.171. The Kier molecular flexibility index (Phi) is 3.59. The lowest BCUT2D eigenvalue weighted by atomic mass is 10.2. The van der Waals surface area contributed by atoms with E-state index in [0.717, 1.165) is 20.0 Å². The van der Waals surface area contributed by atoms with Gasteiger partial charge >= 0.3 is 11.0 Å². The topological polar surface area (TPSA) is 22.0 Å². The first-order chi connectivity index (χ1) is 9.88. The summed E-state index contributed by atoms with van der Waals surface area (Å²) in [6.45, 7) is -0.171. The molecule has 1 aromatic carbocycles. The van der Waals surface area contributed by atoms with Crippen molar-refractivity contribution in [3.8, 4) is 0 Å². The van der Waals surface area contributed by atoms with Crippen LogP contribution in [-0.4, -0.2) is 4.57 Å². The first kappa shape index (κ1) is 14.6. The third kappa shape index (κ3) is 2.61. The summed E-state index contributed by atoms with van der Waals surface area (Å²) >= 11 is 8.04. The van der Waals surface area contributed by atoms with Gasteiger partial charge in [-0.25, -0.2) is 0 Å². The summed E-state index contributed by atoms with van der Waals surface area (Å²) in [4.78, 5) is 11.6. The molecule has 110 valence electrons. The molecule has 0 atom stereocenters. The third-order valence-corrected chi connectivity index (χ3v) is 5.44. The molecule has 3 aromatic rings. The number of hydrogen-bond donors (Lipinski definition) is 0. The van der Waals surface area contributed by atoms with Gasteiger partial charge in [-0.2, -0.15) is 13.2 Å². The van der Waals surface area contributed by atoms with Gasteiger partial charge in [0.15, 0.2) is 0 Å². The average molecular weight is 350 g/mol. The first-order valence-electron chi connectivity index (χ1n) is 5.79. The van der Waals surface area contributed by atoms with Gasteiger partial charge in [0.1, 0.15) is 5.69 Å². The molecule has 0 N–H and O–H groups in total. The second kappa shape index (κ2) is 5.15. The molecule has 0 radical (unpaired) electrons. The molecule has 3 rings (SSSR count). The van der Waals surface area contributed by atoms with Crippen molar-refractivity contribution in [3.05, 3.63) is 54.9 Å². The van der Waals surface area contributed by atoms with E-state index in [-0.39, 0.29) is 6.54 Å². The highest BCUT2D eigenvalue weighted by Gasteiger charge is 2.35. The van der Waals surface area contributed by atoms with Crippen LogP contribution in [0.3, 0.4) is 0 Å². The molecule has 0 spiro atoms. The van der Waals surface area contributed by atoms with Gasteiger partial charge in [0, 0.05) is 20.3 Å². The van der Waals surface area contributed by atoms with Gasteiger partial charge in [0.2, 0.25) is 0 Å². The van der Waals surface area contributed by atoms with Crippen molar-refractivity contribution in [2.45, 2.75) is 12.7 Å². The van der Waals surface area contributed by atoms with Crippen LogP contribution in [0.2, 0.25) is 5.02 Å². The zero-order chi connectivity index (χ0) is 15.2. The molecule has 2 nitrogen and oxygen atoms in total. The maximum atomic E-state index is 12.9. The van der Waals surface area contributed by atoms with Crippen LogP contribution in [0.5, 0.6) is 0 Å². The third-order valence-electron chi connectivity index (χ3n) is 2.98. The van der Waals surface area contributed by atoms with Crippen LogP contribution in [-0.2, 0) is 12.7 Å². The lowest BCUT2D eigenvalue weighted by Crippen LogP contribution is -2.21. The van der Waals surface area contributed by atoms with Crippen LogP contribution >= 0.6 is 34.3 Å². The molecule has 0 unspecified atom stereocenters. The molecule has 2 aromatic heterocycles. The van der Waals surface area contributed by atoms with Crippen LogP contribution in [0.1, 0.15) is 10.6 Å². The van der Waals surface area contributed by atoms with Gasteiger partial charge < -0.3 is 0 Å². The van der Waals surface area contributed by atoms with Crippen LogP contribution < -0.4 is 4.87 Å². The fraction of sp³-hybridized carbons (Fsp3) is 0.154. The van der Waals surface area contributed by atoms with Gasteiger partial charge in [-0.3, -0.25) is 9.36 Å². The fourth-order valence-electron chi connectivity index (χ4n) is 2.01. The van der Waals surface area contributed by atoms with Crippen molar-refractivity contribution in [1.82, 2.24) is 4.57 Å². The molecule has 8 heteroatoms. The first-order valence-corrected chi connectivity index (χ1v) is 7.87. The minimum Gasteiger partial charge on any atom is -0.289 e. The molecule has 0 aliphatic rings. The molecule has 0 aliphatic carbocycles. The van der Waals surface area contributed by atoms with Gasteiger partial charge in [-0.05, 0) is 6.07 Å². The molecule has 0 bridgehead atoms. The molecule has 2 heterocycles. The monoisotopic (exact) mass is 349 g/mol. The molecule has 0 fully saturated rings. The Morgan fingerprint density at radius 3 is 2.62 bits per heavy atom. The number of hydrogen-bond acceptors (Lipinski definition) is 3. The zero-order valence-corrected chi connectivity index (χ0v) is 12.7. The molecule has 0 amide bonds. The van der Waals surface area contributed by atoms with Gasteiger partial charge in [0.25, 0.3) is 0 Å². The van der Waals surface area contributed by atoms with Crippen LogP contribution in [0, 0.1) is 0 Å². The van der Waals surface area contributed by atoms with E-state index in [4.69, 9.17) is 11.6 Å². The number of fused-ring (bicyclic) bond motifs is 1. The SMILES string of the molecule is O=c1scc(C(F)(F)F)n1Cc1sc2ccccc2c1Cl. The zero-order valence-electron chi connectivity index (χ0n) is 10.3.